The Kier molecular flexibility index (Phi) is 4.00. The number of amidine groups is 1. The topological polar surface area (TPSA) is 97.5 Å². The number of benzene rings is 1. The van der Waals surface area contributed by atoms with E-state index in [1.165, 1.54) is 17.8 Å². The van der Waals surface area contributed by atoms with Crippen molar-refractivity contribution in [3.05, 3.63) is 41.0 Å². The molecule has 0 atom stereocenters. The standard InChI is InChI=1S/C11H11FN4O2S/c1-6-14-15-11(18-6)19-5-7-3-2-4-8(9(7)12)10(13)16-17/h2-4,17H,5H2,1H3,(H2,13,16). The second-order valence-electron chi connectivity index (χ2n) is 3.64. The first kappa shape index (κ1) is 13.3. The minimum Gasteiger partial charge on any atom is -0.416 e. The fourth-order valence-corrected chi connectivity index (χ4v) is 2.20. The van der Waals surface area contributed by atoms with E-state index in [1.807, 2.05) is 0 Å². The van der Waals surface area contributed by atoms with Crippen molar-refractivity contribution in [2.75, 3.05) is 0 Å². The number of hydrogen-bond donors (Lipinski definition) is 2. The fraction of sp³-hybridized carbons (Fsp3) is 0.182. The molecule has 6 nitrogen and oxygen atoms in total. The summed E-state index contributed by atoms with van der Waals surface area (Å²) in [5.74, 6) is -0.0343. The van der Waals surface area contributed by atoms with Gasteiger partial charge in [-0.15, -0.1) is 10.2 Å². The molecule has 8 heteroatoms. The second kappa shape index (κ2) is 5.70. The van der Waals surface area contributed by atoms with Gasteiger partial charge in [0, 0.05) is 12.7 Å². The van der Waals surface area contributed by atoms with Crippen LogP contribution in [0.25, 0.3) is 0 Å². The van der Waals surface area contributed by atoms with Gasteiger partial charge in [-0.2, -0.15) is 0 Å². The number of rotatable bonds is 4. The molecule has 0 amide bonds. The van der Waals surface area contributed by atoms with E-state index in [1.54, 1.807) is 19.1 Å². The molecule has 0 aliphatic carbocycles. The maximum atomic E-state index is 14.1. The molecule has 0 bridgehead atoms. The van der Waals surface area contributed by atoms with Crippen LogP contribution < -0.4 is 5.73 Å². The van der Waals surface area contributed by atoms with Crippen molar-refractivity contribution in [1.29, 1.82) is 0 Å². The number of oxime groups is 1. The zero-order valence-corrected chi connectivity index (χ0v) is 10.8. The van der Waals surface area contributed by atoms with Gasteiger partial charge in [-0.05, 0) is 11.6 Å². The molecule has 0 spiro atoms. The summed E-state index contributed by atoms with van der Waals surface area (Å²) < 4.78 is 19.2. The first-order valence-corrected chi connectivity index (χ1v) is 6.28. The van der Waals surface area contributed by atoms with Crippen molar-refractivity contribution >= 4 is 17.6 Å². The molecule has 0 saturated carbocycles. The monoisotopic (exact) mass is 282 g/mol. The molecule has 19 heavy (non-hydrogen) atoms. The van der Waals surface area contributed by atoms with Crippen molar-refractivity contribution in [3.8, 4) is 0 Å². The molecule has 0 aliphatic heterocycles. The summed E-state index contributed by atoms with van der Waals surface area (Å²) in [6.07, 6.45) is 0. The minimum atomic E-state index is -0.526. The van der Waals surface area contributed by atoms with Crippen LogP contribution in [0, 0.1) is 12.7 Å². The van der Waals surface area contributed by atoms with Crippen LogP contribution in [0.4, 0.5) is 4.39 Å². The lowest BCUT2D eigenvalue weighted by atomic mass is 10.1. The van der Waals surface area contributed by atoms with Gasteiger partial charge in [0.2, 0.25) is 5.89 Å². The highest BCUT2D eigenvalue weighted by Gasteiger charge is 2.13. The smallest absolute Gasteiger partial charge is 0.276 e. The Morgan fingerprint density at radius 3 is 2.95 bits per heavy atom. The molecule has 0 unspecified atom stereocenters. The largest absolute Gasteiger partial charge is 0.416 e. The molecule has 0 fully saturated rings. The lowest BCUT2D eigenvalue weighted by molar-refractivity contribution is 0.318. The molecule has 2 rings (SSSR count). The Bertz CT molecular complexity index is 614. The molecule has 0 saturated heterocycles. The van der Waals surface area contributed by atoms with Crippen LogP contribution in [0.1, 0.15) is 17.0 Å². The van der Waals surface area contributed by atoms with E-state index in [9.17, 15) is 4.39 Å². The van der Waals surface area contributed by atoms with Crippen LogP contribution in [-0.2, 0) is 5.75 Å². The molecular weight excluding hydrogens is 271 g/mol. The number of hydrogen-bond acceptors (Lipinski definition) is 6. The summed E-state index contributed by atoms with van der Waals surface area (Å²) >= 11 is 1.21. The number of thioether (sulfide) groups is 1. The minimum absolute atomic E-state index is 0.0577. The maximum Gasteiger partial charge on any atom is 0.276 e. The van der Waals surface area contributed by atoms with Crippen LogP contribution >= 0.6 is 11.8 Å². The number of halogens is 1. The molecular formula is C11H11FN4O2S. The first-order chi connectivity index (χ1) is 9.11. The van der Waals surface area contributed by atoms with E-state index in [4.69, 9.17) is 15.4 Å². The second-order valence-corrected chi connectivity index (χ2v) is 4.57. The number of aromatic nitrogens is 2. The van der Waals surface area contributed by atoms with Crippen molar-refractivity contribution in [1.82, 2.24) is 10.2 Å². The van der Waals surface area contributed by atoms with Crippen molar-refractivity contribution in [3.63, 3.8) is 0 Å². The van der Waals surface area contributed by atoms with E-state index in [0.717, 1.165) is 0 Å². The van der Waals surface area contributed by atoms with Crippen LogP contribution in [0.3, 0.4) is 0 Å². The number of nitrogens with zero attached hydrogens (tertiary/aromatic N) is 3. The highest BCUT2D eigenvalue weighted by molar-refractivity contribution is 7.98. The Hall–Kier alpha value is -2.09. The molecule has 1 aromatic carbocycles. The Balaban J connectivity index is 2.17. The summed E-state index contributed by atoms with van der Waals surface area (Å²) in [6.45, 7) is 1.68. The molecule has 2 aromatic rings. The number of nitrogens with two attached hydrogens (primary N) is 1. The Morgan fingerprint density at radius 2 is 2.32 bits per heavy atom. The van der Waals surface area contributed by atoms with Crippen LogP contribution in [0.2, 0.25) is 0 Å². The fourth-order valence-electron chi connectivity index (χ4n) is 1.42. The van der Waals surface area contributed by atoms with E-state index in [2.05, 4.69) is 15.4 Å². The third-order valence-electron chi connectivity index (χ3n) is 2.32. The Morgan fingerprint density at radius 1 is 1.53 bits per heavy atom. The van der Waals surface area contributed by atoms with Gasteiger partial charge in [0.05, 0.1) is 5.56 Å². The van der Waals surface area contributed by atoms with E-state index in [-0.39, 0.29) is 11.4 Å². The highest BCUT2D eigenvalue weighted by atomic mass is 32.2. The summed E-state index contributed by atoms with van der Waals surface area (Å²) in [5.41, 5.74) is 5.85. The van der Waals surface area contributed by atoms with Gasteiger partial charge in [-0.1, -0.05) is 29.1 Å². The summed E-state index contributed by atoms with van der Waals surface area (Å²) in [6, 6.07) is 4.68. The zero-order chi connectivity index (χ0) is 13.8. The van der Waals surface area contributed by atoms with Gasteiger partial charge in [-0.25, -0.2) is 4.39 Å². The summed E-state index contributed by atoms with van der Waals surface area (Å²) in [5, 5.41) is 19.2. The van der Waals surface area contributed by atoms with Gasteiger partial charge < -0.3 is 15.4 Å². The first-order valence-electron chi connectivity index (χ1n) is 5.30. The third-order valence-corrected chi connectivity index (χ3v) is 3.19. The van der Waals surface area contributed by atoms with E-state index in [0.29, 0.717) is 22.4 Å². The third kappa shape index (κ3) is 3.02. The van der Waals surface area contributed by atoms with E-state index < -0.39 is 5.82 Å². The molecule has 1 aromatic heterocycles. The van der Waals surface area contributed by atoms with Gasteiger partial charge in [0.15, 0.2) is 5.84 Å². The highest BCUT2D eigenvalue weighted by Crippen LogP contribution is 2.24. The molecule has 1 heterocycles. The van der Waals surface area contributed by atoms with Gasteiger partial charge in [0.25, 0.3) is 5.22 Å². The normalized spacial score (nSPS) is 11.8. The summed E-state index contributed by atoms with van der Waals surface area (Å²) in [4.78, 5) is 0. The predicted octanol–water partition coefficient (Wildman–Crippen LogP) is 1.90. The van der Waals surface area contributed by atoms with Gasteiger partial charge >= 0.3 is 0 Å². The zero-order valence-electron chi connectivity index (χ0n) is 10.00. The maximum absolute atomic E-state index is 14.1. The van der Waals surface area contributed by atoms with E-state index >= 15 is 0 Å². The predicted molar refractivity (Wildman–Crippen MR) is 67.5 cm³/mol. The SMILES string of the molecule is Cc1nnc(SCc2cccc(/C(N)=N/O)c2F)o1. The average molecular weight is 282 g/mol. The van der Waals surface area contributed by atoms with Crippen molar-refractivity contribution in [2.24, 2.45) is 10.9 Å². The lowest BCUT2D eigenvalue weighted by Gasteiger charge is -2.05. The van der Waals surface area contributed by atoms with Gasteiger partial charge in [0.1, 0.15) is 5.82 Å². The van der Waals surface area contributed by atoms with Crippen LogP contribution in [0.15, 0.2) is 33.0 Å². The van der Waals surface area contributed by atoms with Crippen molar-refractivity contribution < 1.29 is 14.0 Å². The molecule has 0 radical (unpaired) electrons. The molecule has 3 N–H and O–H groups in total. The molecule has 100 valence electrons. The summed E-state index contributed by atoms with van der Waals surface area (Å²) in [7, 11) is 0. The Labute approximate surface area is 112 Å². The number of aryl methyl sites for hydroxylation is 1. The quantitative estimate of drug-likeness (QED) is 0.292. The van der Waals surface area contributed by atoms with Crippen LogP contribution in [0.5, 0.6) is 0 Å². The van der Waals surface area contributed by atoms with Gasteiger partial charge in [-0.3, -0.25) is 0 Å². The average Bonchev–Trinajstić information content (AvgIpc) is 2.82. The van der Waals surface area contributed by atoms with Crippen LogP contribution in [-0.4, -0.2) is 21.2 Å². The lowest BCUT2D eigenvalue weighted by Crippen LogP contribution is -2.15. The molecule has 0 aliphatic rings. The van der Waals surface area contributed by atoms with Crippen molar-refractivity contribution in [2.45, 2.75) is 17.9 Å².